The number of likely N-dealkylation sites (N-methyl/N-ethyl adjacent to an activating group) is 2. The highest BCUT2D eigenvalue weighted by Crippen LogP contribution is 2.33. The van der Waals surface area contributed by atoms with Crippen LogP contribution in [0.5, 0.6) is 0 Å². The van der Waals surface area contributed by atoms with Crippen LogP contribution in [-0.2, 0) is 22.4 Å². The van der Waals surface area contributed by atoms with Crippen LogP contribution in [0.4, 0.5) is 10.1 Å². The zero-order valence-electron chi connectivity index (χ0n) is 17.4. The van der Waals surface area contributed by atoms with Crippen molar-refractivity contribution in [3.63, 3.8) is 0 Å². The van der Waals surface area contributed by atoms with E-state index in [1.165, 1.54) is 49.3 Å². The molecule has 2 aromatic carbocycles. The summed E-state index contributed by atoms with van der Waals surface area (Å²) in [5.74, 6) is -1.65. The molecule has 0 aliphatic carbocycles. The molecule has 2 N–H and O–H groups in total. The fourth-order valence-electron chi connectivity index (χ4n) is 4.20. The lowest BCUT2D eigenvalue weighted by Gasteiger charge is -2.47. The van der Waals surface area contributed by atoms with E-state index in [4.69, 9.17) is 0 Å². The molecule has 2 amide bonds. The summed E-state index contributed by atoms with van der Waals surface area (Å²) in [4.78, 5) is 42.4. The van der Waals surface area contributed by atoms with Gasteiger partial charge in [-0.2, -0.15) is 0 Å². The Morgan fingerprint density at radius 2 is 1.88 bits per heavy atom. The number of fused-ring (bicyclic) bond motifs is 1. The molecule has 4 rings (SSSR count). The summed E-state index contributed by atoms with van der Waals surface area (Å²) in [7, 11) is 2.75. The van der Waals surface area contributed by atoms with Crippen LogP contribution in [0.15, 0.2) is 48.7 Å². The molecule has 3 aromatic rings. The Kier molecular flexibility index (Phi) is 5.17. The number of aliphatic hydroxyl groups is 1. The van der Waals surface area contributed by atoms with Crippen molar-refractivity contribution in [2.45, 2.75) is 24.6 Å². The van der Waals surface area contributed by atoms with Gasteiger partial charge in [0, 0.05) is 39.2 Å². The predicted molar refractivity (Wildman–Crippen MR) is 113 cm³/mol. The molecule has 0 radical (unpaired) electrons. The molecule has 0 unspecified atom stereocenters. The van der Waals surface area contributed by atoms with Gasteiger partial charge >= 0.3 is 0 Å². The first-order valence-electron chi connectivity index (χ1n) is 9.88. The molecule has 0 bridgehead atoms. The van der Waals surface area contributed by atoms with Crippen molar-refractivity contribution in [2.75, 3.05) is 14.1 Å². The molecule has 2 atom stereocenters. The van der Waals surface area contributed by atoms with Gasteiger partial charge < -0.3 is 19.9 Å². The van der Waals surface area contributed by atoms with Crippen LogP contribution in [0.2, 0.25) is 0 Å². The van der Waals surface area contributed by atoms with E-state index in [0.717, 1.165) is 4.90 Å². The van der Waals surface area contributed by atoms with Gasteiger partial charge in [-0.3, -0.25) is 19.7 Å². The number of aromatic nitrogens is 1. The van der Waals surface area contributed by atoms with Crippen LogP contribution in [-0.4, -0.2) is 62.5 Å². The minimum Gasteiger partial charge on any atom is -0.363 e. The van der Waals surface area contributed by atoms with Crippen molar-refractivity contribution in [1.29, 1.82) is 0 Å². The summed E-state index contributed by atoms with van der Waals surface area (Å²) >= 11 is 0. The lowest BCUT2D eigenvalue weighted by molar-refractivity contribution is -0.383. The van der Waals surface area contributed by atoms with E-state index in [-0.39, 0.29) is 18.5 Å². The van der Waals surface area contributed by atoms with Crippen molar-refractivity contribution in [1.82, 2.24) is 14.8 Å². The van der Waals surface area contributed by atoms with E-state index >= 15 is 0 Å². The van der Waals surface area contributed by atoms with E-state index < -0.39 is 34.3 Å². The summed E-state index contributed by atoms with van der Waals surface area (Å²) in [5.41, 5.74) is -0.680. The Balaban J connectivity index is 1.65. The molecule has 0 saturated carbocycles. The number of nitrogens with zero attached hydrogens (tertiary/aromatic N) is 3. The number of nitrogens with one attached hydrogen (secondary N) is 1. The van der Waals surface area contributed by atoms with Crippen LogP contribution < -0.4 is 0 Å². The zero-order valence-corrected chi connectivity index (χ0v) is 17.4. The van der Waals surface area contributed by atoms with Crippen molar-refractivity contribution in [3.05, 3.63) is 75.7 Å². The lowest BCUT2D eigenvalue weighted by Crippen LogP contribution is -2.70. The monoisotopic (exact) mass is 440 g/mol. The highest BCUT2D eigenvalue weighted by molar-refractivity contribution is 5.99. The van der Waals surface area contributed by atoms with Gasteiger partial charge in [0.25, 0.3) is 11.6 Å². The fraction of sp³-hybridized carbons (Fsp3) is 0.273. The summed E-state index contributed by atoms with van der Waals surface area (Å²) in [6.07, 6.45) is 1.41. The van der Waals surface area contributed by atoms with E-state index in [9.17, 15) is 29.2 Å². The number of hydrogen-bond acceptors (Lipinski definition) is 5. The van der Waals surface area contributed by atoms with Crippen molar-refractivity contribution >= 4 is 28.4 Å². The number of hydrogen-bond donors (Lipinski definition) is 2. The molecule has 1 saturated heterocycles. The second kappa shape index (κ2) is 7.72. The molecule has 1 fully saturated rings. The minimum atomic E-state index is -2.13. The molecule has 9 nitrogen and oxygen atoms in total. The number of rotatable bonds is 5. The van der Waals surface area contributed by atoms with Gasteiger partial charge in [0.2, 0.25) is 11.6 Å². The minimum absolute atomic E-state index is 0.0306. The first kappa shape index (κ1) is 21.4. The molecule has 166 valence electrons. The number of carbonyl (C=O) groups excluding carboxylic acids is 2. The Morgan fingerprint density at radius 3 is 2.53 bits per heavy atom. The second-order valence-electron chi connectivity index (χ2n) is 7.92. The van der Waals surface area contributed by atoms with Crippen LogP contribution in [0, 0.1) is 15.9 Å². The van der Waals surface area contributed by atoms with Crippen molar-refractivity contribution < 1.29 is 24.0 Å². The Morgan fingerprint density at radius 1 is 1.19 bits per heavy atom. The molecule has 10 heteroatoms. The number of H-pyrrole nitrogens is 1. The summed E-state index contributed by atoms with van der Waals surface area (Å²) in [6, 6.07) is 8.98. The van der Waals surface area contributed by atoms with Gasteiger partial charge in [-0.15, -0.1) is 0 Å². The summed E-state index contributed by atoms with van der Waals surface area (Å²) in [5, 5.41) is 23.0. The van der Waals surface area contributed by atoms with Gasteiger partial charge in [0.1, 0.15) is 11.9 Å². The Hall–Kier alpha value is -3.79. The van der Waals surface area contributed by atoms with E-state index in [1.807, 2.05) is 0 Å². The third kappa shape index (κ3) is 3.38. The summed E-state index contributed by atoms with van der Waals surface area (Å²) < 4.78 is 13.2. The van der Waals surface area contributed by atoms with Gasteiger partial charge in [-0.05, 0) is 29.3 Å². The lowest BCUT2D eigenvalue weighted by atomic mass is 9.92. The molecule has 2 heterocycles. The highest BCUT2D eigenvalue weighted by atomic mass is 19.1. The average molecular weight is 440 g/mol. The number of aromatic amines is 1. The smallest absolute Gasteiger partial charge is 0.279 e. The van der Waals surface area contributed by atoms with Crippen LogP contribution in [0.25, 0.3) is 10.9 Å². The zero-order chi connectivity index (χ0) is 23.2. The predicted octanol–water partition coefficient (Wildman–Crippen LogP) is 1.99. The van der Waals surface area contributed by atoms with E-state index in [1.54, 1.807) is 18.3 Å². The Bertz CT molecular complexity index is 1220. The molecule has 1 aromatic heterocycles. The first-order chi connectivity index (χ1) is 15.1. The number of benzene rings is 2. The maximum Gasteiger partial charge on any atom is 0.279 e. The summed E-state index contributed by atoms with van der Waals surface area (Å²) in [6.45, 7) is 0. The maximum absolute atomic E-state index is 13.2. The molecular formula is C22H21FN4O5. The number of carbonyl (C=O) groups is 2. The Labute approximate surface area is 182 Å². The number of non-ortho nitro benzene ring substituents is 1. The van der Waals surface area contributed by atoms with Gasteiger partial charge in [-0.1, -0.05) is 18.2 Å². The van der Waals surface area contributed by atoms with Gasteiger partial charge in [0.05, 0.1) is 15.8 Å². The van der Waals surface area contributed by atoms with Crippen LogP contribution in [0.3, 0.4) is 0 Å². The standard InChI is InChI=1S/C22H21FN4O5/c1-25-18(10-14-12-24-16-4-3-5-17(19(14)16)27(31)32)20(28)26(2)22(30,21(25)29)11-13-6-8-15(23)9-7-13/h3-9,12,18,24,30H,10-11H2,1-2H3/t18-,22+/m0/s1. The maximum atomic E-state index is 13.2. The molecule has 0 spiro atoms. The first-order valence-corrected chi connectivity index (χ1v) is 9.88. The highest BCUT2D eigenvalue weighted by Gasteiger charge is 2.53. The van der Waals surface area contributed by atoms with E-state index in [0.29, 0.717) is 22.0 Å². The normalized spacial score (nSPS) is 21.4. The molecule has 32 heavy (non-hydrogen) atoms. The SMILES string of the molecule is CN1C(=O)[C@](O)(Cc2ccc(F)cc2)N(C)C(=O)[C@@H]1Cc1c[nH]c2cccc([N+](=O)[O-])c12. The molecule has 1 aliphatic rings. The van der Waals surface area contributed by atoms with Gasteiger partial charge in [-0.25, -0.2) is 4.39 Å². The third-order valence-corrected chi connectivity index (χ3v) is 6.04. The second-order valence-corrected chi connectivity index (χ2v) is 7.92. The van der Waals surface area contributed by atoms with Crippen LogP contribution >= 0.6 is 0 Å². The van der Waals surface area contributed by atoms with Crippen molar-refractivity contribution in [2.24, 2.45) is 0 Å². The van der Waals surface area contributed by atoms with Crippen LogP contribution in [0.1, 0.15) is 11.1 Å². The number of halogens is 1. The number of piperazine rings is 1. The van der Waals surface area contributed by atoms with Gasteiger partial charge in [0.15, 0.2) is 0 Å². The number of nitro benzene ring substituents is 1. The fourth-order valence-corrected chi connectivity index (χ4v) is 4.20. The largest absolute Gasteiger partial charge is 0.363 e. The quantitative estimate of drug-likeness (QED) is 0.464. The molecular weight excluding hydrogens is 419 g/mol. The van der Waals surface area contributed by atoms with E-state index in [2.05, 4.69) is 4.98 Å². The van der Waals surface area contributed by atoms with Crippen molar-refractivity contribution in [3.8, 4) is 0 Å². The third-order valence-electron chi connectivity index (χ3n) is 6.04. The number of amides is 2. The topological polar surface area (TPSA) is 120 Å². The molecule has 1 aliphatic heterocycles. The average Bonchev–Trinajstić information content (AvgIpc) is 3.19. The number of nitro groups is 1.